The number of phenols is 2. The van der Waals surface area contributed by atoms with Gasteiger partial charge in [0.1, 0.15) is 18.6 Å². The Hall–Kier alpha value is -1.42. The second-order valence-corrected chi connectivity index (χ2v) is 12.7. The maximum absolute atomic E-state index is 12.9. The van der Waals surface area contributed by atoms with E-state index in [1.54, 1.807) is 18.9 Å². The van der Waals surface area contributed by atoms with Crippen molar-refractivity contribution in [1.82, 2.24) is 9.80 Å². The molecule has 0 amide bonds. The number of benzene rings is 2. The number of esters is 1. The summed E-state index contributed by atoms with van der Waals surface area (Å²) in [5.41, 5.74) is 4.59. The van der Waals surface area contributed by atoms with Crippen LogP contribution in [0.3, 0.4) is 0 Å². The average Bonchev–Trinajstić information content (AvgIpc) is 3.41. The van der Waals surface area contributed by atoms with E-state index < -0.39 is 12.3 Å². The monoisotopic (exact) mass is 797 g/mol. The number of nitrogens with zero attached hydrogens (tertiary/aromatic N) is 2. The third-order valence-electron chi connectivity index (χ3n) is 9.47. The van der Waals surface area contributed by atoms with Gasteiger partial charge in [0.2, 0.25) is 6.79 Å². The smallest absolute Gasteiger partial charge is 0.309 e. The number of carbonyl (C=O) groups excluding carboxylic acids is 1. The zero-order valence-electron chi connectivity index (χ0n) is 23.7. The summed E-state index contributed by atoms with van der Waals surface area (Å²) in [6.45, 7) is 5.58. The summed E-state index contributed by atoms with van der Waals surface area (Å²) in [7, 11) is 3.54. The molecule has 10 nitrogen and oxygen atoms in total. The molecular weight excluding hydrogens is 763 g/mol. The van der Waals surface area contributed by atoms with Crippen LogP contribution in [0.2, 0.25) is 0 Å². The van der Waals surface area contributed by atoms with Crippen molar-refractivity contribution in [3.8, 4) is 28.7 Å². The Bertz CT molecular complexity index is 1440. The molecule has 2 aromatic carbocycles. The Kier molecular flexibility index (Phi) is 7.69. The van der Waals surface area contributed by atoms with Crippen LogP contribution in [0.5, 0.6) is 28.7 Å². The van der Waals surface area contributed by atoms with E-state index >= 15 is 0 Å². The summed E-state index contributed by atoms with van der Waals surface area (Å²) >= 11 is 1.56. The third-order valence-corrected chi connectivity index (χ3v) is 11.0. The quantitative estimate of drug-likeness (QED) is 0.370. The minimum atomic E-state index is -0.915. The van der Waals surface area contributed by atoms with Gasteiger partial charge < -0.3 is 34.3 Å². The number of rotatable bonds is 1. The maximum Gasteiger partial charge on any atom is 0.309 e. The Morgan fingerprint density at radius 2 is 1.80 bits per heavy atom. The molecule has 5 aliphatic rings. The molecule has 12 heteroatoms. The van der Waals surface area contributed by atoms with Crippen molar-refractivity contribution in [2.24, 2.45) is 5.92 Å². The van der Waals surface area contributed by atoms with Crippen molar-refractivity contribution in [3.63, 3.8) is 0 Å². The Morgan fingerprint density at radius 1 is 1.07 bits per heavy atom. The Balaban J connectivity index is 0.00000302. The van der Waals surface area contributed by atoms with Gasteiger partial charge in [-0.1, -0.05) is 13.0 Å². The molecule has 0 saturated carbocycles. The van der Waals surface area contributed by atoms with Crippen LogP contribution in [0.25, 0.3) is 0 Å². The first-order valence-corrected chi connectivity index (χ1v) is 14.7. The summed E-state index contributed by atoms with van der Waals surface area (Å²) < 4.78 is 23.3. The average molecular weight is 798 g/mol. The van der Waals surface area contributed by atoms with Gasteiger partial charge in [0.15, 0.2) is 23.0 Å². The van der Waals surface area contributed by atoms with Crippen molar-refractivity contribution in [3.05, 3.63) is 39.4 Å². The number of cyclic esters (lactones) is 1. The molecule has 4 bridgehead atoms. The van der Waals surface area contributed by atoms with E-state index in [4.69, 9.17) is 18.9 Å². The maximum atomic E-state index is 12.9. The van der Waals surface area contributed by atoms with E-state index in [0.717, 1.165) is 16.7 Å². The van der Waals surface area contributed by atoms with Crippen LogP contribution in [0.1, 0.15) is 57.6 Å². The van der Waals surface area contributed by atoms with Gasteiger partial charge in [0, 0.05) is 78.1 Å². The van der Waals surface area contributed by atoms with E-state index in [1.165, 1.54) is 0 Å². The second kappa shape index (κ2) is 10.6. The first-order valence-electron chi connectivity index (χ1n) is 13.7. The van der Waals surface area contributed by atoms with Crippen LogP contribution < -0.4 is 14.2 Å². The molecular formula is C29H34AcN2O8S. The van der Waals surface area contributed by atoms with E-state index in [-0.39, 0.29) is 104 Å². The van der Waals surface area contributed by atoms with Crippen LogP contribution in [-0.2, 0) is 16.0 Å². The van der Waals surface area contributed by atoms with E-state index in [1.807, 2.05) is 38.8 Å². The molecule has 2 aromatic rings. The minimum absolute atomic E-state index is 0. The van der Waals surface area contributed by atoms with Gasteiger partial charge in [-0.15, -0.1) is 0 Å². The molecule has 2 fully saturated rings. The Labute approximate surface area is 278 Å². The second-order valence-electron chi connectivity index (χ2n) is 11.5. The van der Waals surface area contributed by atoms with E-state index in [9.17, 15) is 20.1 Å². The van der Waals surface area contributed by atoms with Gasteiger partial charge in [-0.25, -0.2) is 0 Å². The number of aromatic hydroxyl groups is 2. The van der Waals surface area contributed by atoms with E-state index in [2.05, 4.69) is 4.90 Å². The number of hydrogen-bond donors (Lipinski definition) is 3. The van der Waals surface area contributed by atoms with Gasteiger partial charge >= 0.3 is 5.97 Å². The number of fused-ring (bicyclic) bond motifs is 9. The number of aliphatic hydroxyl groups is 1. The zero-order chi connectivity index (χ0) is 28.2. The molecule has 3 N–H and O–H groups in total. The van der Waals surface area contributed by atoms with Crippen LogP contribution in [0, 0.1) is 63.8 Å². The van der Waals surface area contributed by atoms with Gasteiger partial charge in [-0.3, -0.25) is 14.6 Å². The summed E-state index contributed by atoms with van der Waals surface area (Å²) in [6, 6.07) is 0.447. The predicted octanol–water partition coefficient (Wildman–Crippen LogP) is 3.07. The summed E-state index contributed by atoms with van der Waals surface area (Å²) in [5.74, 6) is 1.48. The van der Waals surface area contributed by atoms with Crippen LogP contribution in [0.15, 0.2) is 6.07 Å². The molecule has 7 atom stereocenters. The van der Waals surface area contributed by atoms with Crippen molar-refractivity contribution in [1.29, 1.82) is 0 Å². The number of likely N-dealkylation sites (N-methyl/N-ethyl adjacent to an activating group) is 1. The van der Waals surface area contributed by atoms with Gasteiger partial charge in [-0.05, 0) is 38.4 Å². The molecule has 0 spiro atoms. The molecule has 2 unspecified atom stereocenters. The van der Waals surface area contributed by atoms with Crippen LogP contribution in [0.4, 0.5) is 0 Å². The largest absolute Gasteiger partial charge is 0.507 e. The molecule has 0 aliphatic carbocycles. The molecule has 7 rings (SSSR count). The molecule has 2 saturated heterocycles. The fourth-order valence-corrected chi connectivity index (χ4v) is 9.13. The number of methoxy groups -OCH3 is 1. The van der Waals surface area contributed by atoms with Crippen LogP contribution in [-0.4, -0.2) is 82.7 Å². The first-order chi connectivity index (χ1) is 19.1. The minimum Gasteiger partial charge on any atom is -0.507 e. The standard InChI is InChI=1S/C29H34N2O8S.Ac/c1-11-6-14-7-15-28(34)31-16-8-37-29(35)12(2)9-40-27(19-18(16)26-25(38-10-39-26)13(3)22(19)32)21(31)20(30(15)4)17(14)23(33)24(11)36-5;/h6,12,15-16,20-21,27-28,32-34H,7-10H2,1-5H3;/t12?,15-,16-,20-,21?,27-,28+;/m1./s1. The third kappa shape index (κ3) is 4.07. The number of aryl methyl sites for hydroxylation is 1. The zero-order valence-corrected chi connectivity index (χ0v) is 29.3. The van der Waals surface area contributed by atoms with Crippen molar-refractivity contribution >= 4 is 17.7 Å². The van der Waals surface area contributed by atoms with Crippen LogP contribution >= 0.6 is 11.8 Å². The molecule has 1 radical (unpaired) electrons. The number of thioether (sulfide) groups is 1. The van der Waals surface area contributed by atoms with Crippen molar-refractivity contribution in [2.75, 3.05) is 33.3 Å². The SMILES string of the molecule is COc1c(C)cc2c(c1O)[C@@H]1C3[C@@H]4SCC(C)C(=O)OC[C@H](c5c6c(c(C)c(O)c54)OCO6)N3[C@@H](O)[C@@H](C2)N1C.[Ac]. The normalized spacial score (nSPS) is 31.9. The fraction of sp³-hybridized carbons (Fsp3) is 0.552. The van der Waals surface area contributed by atoms with Gasteiger partial charge in [-0.2, -0.15) is 11.8 Å². The summed E-state index contributed by atoms with van der Waals surface area (Å²) in [5, 5.41) is 35.0. The molecule has 41 heavy (non-hydrogen) atoms. The molecule has 5 aliphatic heterocycles. The number of piperazine rings is 1. The molecule has 5 heterocycles. The van der Waals surface area contributed by atoms with Crippen molar-refractivity contribution in [2.45, 2.75) is 62.8 Å². The number of carbonyl (C=O) groups is 1. The number of aliphatic hydroxyl groups excluding tert-OH is 1. The molecule has 0 aromatic heterocycles. The first kappa shape index (κ1) is 29.6. The Morgan fingerprint density at radius 3 is 2.54 bits per heavy atom. The van der Waals surface area contributed by atoms with Crippen molar-refractivity contribution < 1.29 is 83.1 Å². The molecule has 217 valence electrons. The number of ether oxygens (including phenoxy) is 4. The van der Waals surface area contributed by atoms with Gasteiger partial charge in [0.05, 0.1) is 36.4 Å². The topological polar surface area (TPSA) is 121 Å². The predicted molar refractivity (Wildman–Crippen MR) is 146 cm³/mol. The summed E-state index contributed by atoms with van der Waals surface area (Å²) in [4.78, 5) is 17.1. The summed E-state index contributed by atoms with van der Waals surface area (Å²) in [6.07, 6.45) is -0.391. The number of hydrogen-bond acceptors (Lipinski definition) is 11. The van der Waals surface area contributed by atoms with E-state index in [0.29, 0.717) is 46.1 Å². The number of phenolic OH excluding ortho intramolecular Hbond substituents is 2. The van der Waals surface area contributed by atoms with Gasteiger partial charge in [0.25, 0.3) is 0 Å². The fourth-order valence-electron chi connectivity index (χ4n) is 7.61.